The third-order valence-electron chi connectivity index (χ3n) is 6.05. The van der Waals surface area contributed by atoms with Gasteiger partial charge in [0.2, 0.25) is 5.95 Å². The fraction of sp³-hybridized carbons (Fsp3) is 0.292. The lowest BCUT2D eigenvalue weighted by atomic mass is 10.0. The van der Waals surface area contributed by atoms with Crippen LogP contribution in [0.2, 0.25) is 0 Å². The first-order valence-corrected chi connectivity index (χ1v) is 13.3. The number of carboxylic acids is 1. The van der Waals surface area contributed by atoms with Crippen LogP contribution in [0.15, 0.2) is 42.6 Å². The number of aromatic nitrogens is 2. The van der Waals surface area contributed by atoms with E-state index >= 15 is 0 Å². The van der Waals surface area contributed by atoms with E-state index in [-0.39, 0.29) is 23.8 Å². The molecule has 0 amide bonds. The molecule has 1 aliphatic rings. The van der Waals surface area contributed by atoms with Gasteiger partial charge in [-0.1, -0.05) is 26.0 Å². The van der Waals surface area contributed by atoms with Gasteiger partial charge < -0.3 is 25.0 Å². The molecule has 0 bridgehead atoms. The zero-order valence-electron chi connectivity index (χ0n) is 19.5. The van der Waals surface area contributed by atoms with Gasteiger partial charge in [0.1, 0.15) is 24.3 Å². The number of para-hydroxylation sites is 1. The van der Waals surface area contributed by atoms with Gasteiger partial charge >= 0.3 is 12.1 Å². The van der Waals surface area contributed by atoms with E-state index in [1.54, 1.807) is 38.1 Å². The number of carbonyl (C=O) groups is 1. The first-order valence-electron chi connectivity index (χ1n) is 11.2. The molecule has 190 valence electrons. The van der Waals surface area contributed by atoms with E-state index in [1.807, 2.05) is 0 Å². The molecule has 4 rings (SSSR count). The van der Waals surface area contributed by atoms with E-state index in [9.17, 15) is 27.6 Å². The number of hydrogen-bond acceptors (Lipinski definition) is 7. The van der Waals surface area contributed by atoms with E-state index in [1.165, 1.54) is 12.1 Å². The van der Waals surface area contributed by atoms with Gasteiger partial charge in [-0.05, 0) is 24.3 Å². The zero-order chi connectivity index (χ0) is 26.1. The van der Waals surface area contributed by atoms with Crippen LogP contribution in [0.5, 0.6) is 5.75 Å². The van der Waals surface area contributed by atoms with Crippen molar-refractivity contribution < 1.29 is 32.4 Å². The van der Waals surface area contributed by atoms with E-state index < -0.39 is 30.7 Å². The number of halogens is 3. The van der Waals surface area contributed by atoms with Crippen LogP contribution < -0.4 is 20.7 Å². The lowest BCUT2D eigenvalue weighted by Gasteiger charge is -2.21. The second kappa shape index (κ2) is 9.81. The number of benzene rings is 2. The van der Waals surface area contributed by atoms with Crippen LogP contribution in [0.1, 0.15) is 35.3 Å². The summed E-state index contributed by atoms with van der Waals surface area (Å²) in [6.45, 7) is 3.84. The van der Waals surface area contributed by atoms with Crippen molar-refractivity contribution >= 4 is 41.6 Å². The quantitative estimate of drug-likeness (QED) is 0.327. The van der Waals surface area contributed by atoms with Gasteiger partial charge in [-0.15, -0.1) is 0 Å². The van der Waals surface area contributed by atoms with Gasteiger partial charge in [0.05, 0.1) is 23.5 Å². The molecule has 1 aliphatic heterocycles. The molecule has 36 heavy (non-hydrogen) atoms. The number of fused-ring (bicyclic) bond motifs is 1. The van der Waals surface area contributed by atoms with Gasteiger partial charge in [0.15, 0.2) is 0 Å². The third-order valence-corrected chi connectivity index (χ3v) is 9.36. The molecular formula is C24H24F3N4O4P. The van der Waals surface area contributed by atoms with Gasteiger partial charge in [-0.2, -0.15) is 18.2 Å². The van der Waals surface area contributed by atoms with Crippen LogP contribution in [-0.2, 0) is 17.2 Å². The first-order chi connectivity index (χ1) is 17.1. The van der Waals surface area contributed by atoms with Crippen molar-refractivity contribution in [1.82, 2.24) is 9.97 Å². The minimum atomic E-state index is -4.75. The van der Waals surface area contributed by atoms with Gasteiger partial charge in [0, 0.05) is 35.8 Å². The lowest BCUT2D eigenvalue weighted by Crippen LogP contribution is -2.17. The highest BCUT2D eigenvalue weighted by molar-refractivity contribution is 7.71. The summed E-state index contributed by atoms with van der Waals surface area (Å²) in [6.07, 6.45) is -2.97. The third kappa shape index (κ3) is 4.88. The Morgan fingerprint density at radius 2 is 1.83 bits per heavy atom. The number of rotatable bonds is 8. The fourth-order valence-electron chi connectivity index (χ4n) is 4.09. The number of nitrogens with zero attached hydrogens (tertiary/aromatic N) is 2. The Kier molecular flexibility index (Phi) is 6.95. The molecule has 2 heterocycles. The fourth-order valence-corrected chi connectivity index (χ4v) is 6.14. The summed E-state index contributed by atoms with van der Waals surface area (Å²) in [5.41, 5.74) is 0.0985. The summed E-state index contributed by atoms with van der Waals surface area (Å²) in [7, 11) is -2.82. The molecular weight excluding hydrogens is 496 g/mol. The topological polar surface area (TPSA) is 113 Å². The Morgan fingerprint density at radius 1 is 1.11 bits per heavy atom. The molecule has 8 nitrogen and oxygen atoms in total. The number of nitrogens with one attached hydrogen (secondary N) is 2. The normalized spacial score (nSPS) is 13.1. The minimum Gasteiger partial charge on any atom is -0.491 e. The van der Waals surface area contributed by atoms with E-state index in [4.69, 9.17) is 4.74 Å². The molecule has 0 atom stereocenters. The van der Waals surface area contributed by atoms with Crippen molar-refractivity contribution in [3.63, 3.8) is 0 Å². The van der Waals surface area contributed by atoms with Gasteiger partial charge in [-0.3, -0.25) is 0 Å². The number of alkyl halides is 3. The number of ether oxygens (including phenoxy) is 1. The monoisotopic (exact) mass is 520 g/mol. The molecule has 1 aromatic heterocycles. The van der Waals surface area contributed by atoms with Crippen molar-refractivity contribution in [2.45, 2.75) is 26.4 Å². The number of anilines is 4. The van der Waals surface area contributed by atoms with Crippen molar-refractivity contribution in [2.24, 2.45) is 0 Å². The maximum atomic E-state index is 13.8. The predicted molar refractivity (Wildman–Crippen MR) is 131 cm³/mol. The number of aromatic carboxylic acids is 1. The molecule has 3 N–H and O–H groups in total. The smallest absolute Gasteiger partial charge is 0.421 e. The minimum absolute atomic E-state index is 0.0941. The Labute approximate surface area is 205 Å². The molecule has 12 heteroatoms. The summed E-state index contributed by atoms with van der Waals surface area (Å²) >= 11 is 0. The largest absolute Gasteiger partial charge is 0.491 e. The van der Waals surface area contributed by atoms with Crippen LogP contribution in [0.4, 0.5) is 36.3 Å². The summed E-state index contributed by atoms with van der Waals surface area (Å²) in [4.78, 5) is 19.4. The van der Waals surface area contributed by atoms with Crippen molar-refractivity contribution in [3.05, 3.63) is 59.3 Å². The molecule has 0 saturated carbocycles. The lowest BCUT2D eigenvalue weighted by molar-refractivity contribution is -0.137. The molecule has 0 spiro atoms. The first kappa shape index (κ1) is 25.5. The SMILES string of the molecule is CCP(=O)(CC)c1ccccc1Nc1nc(Nc2ccc(C(=O)O)c3c2OCC3)ncc1C(F)(F)F. The molecule has 3 aromatic rings. The van der Waals surface area contributed by atoms with Crippen LogP contribution in [0, 0.1) is 0 Å². The van der Waals surface area contributed by atoms with Crippen molar-refractivity contribution in [1.29, 1.82) is 0 Å². The van der Waals surface area contributed by atoms with Crippen LogP contribution in [0.25, 0.3) is 0 Å². The molecule has 0 aliphatic carbocycles. The summed E-state index contributed by atoms with van der Waals surface area (Å²) in [6, 6.07) is 9.39. The van der Waals surface area contributed by atoms with Gasteiger partial charge in [-0.25, -0.2) is 9.78 Å². The average Bonchev–Trinajstić information content (AvgIpc) is 3.34. The van der Waals surface area contributed by atoms with Gasteiger partial charge in [0.25, 0.3) is 0 Å². The van der Waals surface area contributed by atoms with E-state index in [0.29, 0.717) is 47.2 Å². The van der Waals surface area contributed by atoms with Crippen LogP contribution >= 0.6 is 7.14 Å². The highest BCUT2D eigenvalue weighted by atomic mass is 31.2. The maximum Gasteiger partial charge on any atom is 0.421 e. The predicted octanol–water partition coefficient (Wildman–Crippen LogP) is 5.64. The molecule has 0 unspecified atom stereocenters. The summed E-state index contributed by atoms with van der Waals surface area (Å²) < 4.78 is 60.4. The summed E-state index contributed by atoms with van der Waals surface area (Å²) in [5, 5.41) is 15.4. The highest BCUT2D eigenvalue weighted by Crippen LogP contribution is 2.46. The number of hydrogen-bond donors (Lipinski definition) is 3. The molecule has 2 aromatic carbocycles. The Morgan fingerprint density at radius 3 is 2.50 bits per heavy atom. The highest BCUT2D eigenvalue weighted by Gasteiger charge is 2.36. The Bertz CT molecular complexity index is 1360. The van der Waals surface area contributed by atoms with Crippen LogP contribution in [-0.4, -0.2) is 40.0 Å². The van der Waals surface area contributed by atoms with Crippen molar-refractivity contribution in [3.8, 4) is 5.75 Å². The van der Waals surface area contributed by atoms with E-state index in [2.05, 4.69) is 20.6 Å². The second-order valence-corrected chi connectivity index (χ2v) is 11.6. The molecule has 0 saturated heterocycles. The summed E-state index contributed by atoms with van der Waals surface area (Å²) in [5.74, 6) is -1.47. The second-order valence-electron chi connectivity index (χ2n) is 8.11. The Balaban J connectivity index is 1.75. The molecule has 0 fully saturated rings. The van der Waals surface area contributed by atoms with E-state index in [0.717, 1.165) is 0 Å². The Hall–Kier alpha value is -3.59. The van der Waals surface area contributed by atoms with Crippen LogP contribution in [0.3, 0.4) is 0 Å². The average molecular weight is 520 g/mol. The van der Waals surface area contributed by atoms with Crippen molar-refractivity contribution in [2.75, 3.05) is 29.6 Å². The number of carboxylic acid groups (broad SMARTS) is 1. The molecule has 0 radical (unpaired) electrons. The zero-order valence-corrected chi connectivity index (χ0v) is 20.4. The standard InChI is InChI=1S/C24H24F3N4O4P/c1-3-36(34,4-2)19-8-6-5-7-17(19)29-21-16(24(25,26)27)13-28-23(31-21)30-18-10-9-15(22(32)33)14-11-12-35-20(14)18/h5-10,13H,3-4,11-12H2,1-2H3,(H,32,33)(H2,28,29,30,31). The maximum absolute atomic E-state index is 13.8.